The maximum atomic E-state index is 13.3. The van der Waals surface area contributed by atoms with Gasteiger partial charge in [-0.3, -0.25) is 9.59 Å². The number of para-hydroxylation sites is 1. The lowest BCUT2D eigenvalue weighted by Crippen LogP contribution is -2.27. The van der Waals surface area contributed by atoms with E-state index in [9.17, 15) is 18.4 Å². The molecule has 124 valence electrons. The summed E-state index contributed by atoms with van der Waals surface area (Å²) >= 11 is 5.80. The molecule has 24 heavy (non-hydrogen) atoms. The van der Waals surface area contributed by atoms with Crippen LogP contribution in [0.4, 0.5) is 14.5 Å². The van der Waals surface area contributed by atoms with Crippen LogP contribution in [0.25, 0.3) is 0 Å². The highest BCUT2D eigenvalue weighted by Gasteiger charge is 2.25. The Morgan fingerprint density at radius 3 is 2.38 bits per heavy atom. The Kier molecular flexibility index (Phi) is 4.49. The summed E-state index contributed by atoms with van der Waals surface area (Å²) in [5, 5.41) is 5.12. The van der Waals surface area contributed by atoms with Crippen LogP contribution in [0.1, 0.15) is 33.6 Å². The van der Waals surface area contributed by atoms with E-state index in [1.54, 1.807) is 24.3 Å². The zero-order chi connectivity index (χ0) is 17.3. The molecule has 0 bridgehead atoms. The number of hydrogen-bond donors (Lipinski definition) is 2. The summed E-state index contributed by atoms with van der Waals surface area (Å²) in [4.78, 5) is 24.5. The van der Waals surface area contributed by atoms with Crippen LogP contribution in [0.3, 0.4) is 0 Å². The zero-order valence-corrected chi connectivity index (χ0v) is 13.2. The first kappa shape index (κ1) is 16.4. The van der Waals surface area contributed by atoms with Gasteiger partial charge < -0.3 is 10.6 Å². The smallest absolute Gasteiger partial charge is 0.257 e. The lowest BCUT2D eigenvalue weighted by Gasteiger charge is -2.12. The lowest BCUT2D eigenvalue weighted by molar-refractivity contribution is 0.0952. The molecule has 1 aliphatic carbocycles. The Bertz CT molecular complexity index is 822. The van der Waals surface area contributed by atoms with Crippen molar-refractivity contribution in [3.8, 4) is 0 Å². The van der Waals surface area contributed by atoms with E-state index < -0.39 is 17.5 Å². The van der Waals surface area contributed by atoms with Crippen LogP contribution in [-0.4, -0.2) is 17.9 Å². The van der Waals surface area contributed by atoms with Gasteiger partial charge in [-0.25, -0.2) is 8.78 Å². The Morgan fingerprint density at radius 2 is 1.67 bits per heavy atom. The fraction of sp³-hybridized carbons (Fsp3) is 0.176. The van der Waals surface area contributed by atoms with Gasteiger partial charge in [0.15, 0.2) is 11.6 Å². The molecule has 2 amide bonds. The van der Waals surface area contributed by atoms with Gasteiger partial charge in [0.25, 0.3) is 11.8 Å². The van der Waals surface area contributed by atoms with Gasteiger partial charge in [-0.2, -0.15) is 0 Å². The van der Waals surface area contributed by atoms with E-state index in [0.29, 0.717) is 0 Å². The van der Waals surface area contributed by atoms with E-state index in [1.807, 2.05) is 0 Å². The molecule has 3 rings (SSSR count). The average Bonchev–Trinajstić information content (AvgIpc) is 3.35. The number of carbonyl (C=O) groups excluding carboxylic acids is 2. The van der Waals surface area contributed by atoms with Crippen LogP contribution in [-0.2, 0) is 0 Å². The van der Waals surface area contributed by atoms with Gasteiger partial charge in [-0.05, 0) is 37.1 Å². The number of carbonyl (C=O) groups is 2. The summed E-state index contributed by atoms with van der Waals surface area (Å²) in [5.41, 5.74) is 0.339. The highest BCUT2D eigenvalue weighted by Crippen LogP contribution is 2.24. The number of hydrogen-bond acceptors (Lipinski definition) is 2. The second-order valence-corrected chi connectivity index (χ2v) is 5.90. The molecule has 4 nitrogen and oxygen atoms in total. The number of anilines is 1. The van der Waals surface area contributed by atoms with Crippen molar-refractivity contribution in [1.82, 2.24) is 5.32 Å². The highest BCUT2D eigenvalue weighted by molar-refractivity contribution is 6.34. The van der Waals surface area contributed by atoms with Crippen molar-refractivity contribution in [3.05, 3.63) is 64.2 Å². The zero-order valence-electron chi connectivity index (χ0n) is 12.4. The van der Waals surface area contributed by atoms with Gasteiger partial charge in [0.1, 0.15) is 0 Å². The molecule has 0 unspecified atom stereocenters. The quantitative estimate of drug-likeness (QED) is 0.825. The van der Waals surface area contributed by atoms with Crippen molar-refractivity contribution in [2.75, 3.05) is 5.32 Å². The maximum Gasteiger partial charge on any atom is 0.257 e. The first-order valence-corrected chi connectivity index (χ1v) is 7.69. The van der Waals surface area contributed by atoms with Crippen LogP contribution in [0.15, 0.2) is 36.4 Å². The fourth-order valence-electron chi connectivity index (χ4n) is 2.17. The predicted octanol–water partition coefficient (Wildman–Crippen LogP) is 3.76. The molecule has 0 aromatic heterocycles. The number of benzene rings is 2. The van der Waals surface area contributed by atoms with Gasteiger partial charge in [0.2, 0.25) is 0 Å². The topological polar surface area (TPSA) is 58.2 Å². The van der Waals surface area contributed by atoms with Gasteiger partial charge in [-0.15, -0.1) is 0 Å². The third-order valence-electron chi connectivity index (χ3n) is 3.59. The van der Waals surface area contributed by atoms with Crippen molar-refractivity contribution in [3.63, 3.8) is 0 Å². The molecule has 1 aliphatic rings. The average molecular weight is 351 g/mol. The van der Waals surface area contributed by atoms with E-state index in [-0.39, 0.29) is 33.8 Å². The van der Waals surface area contributed by atoms with Crippen LogP contribution in [0.5, 0.6) is 0 Å². The molecular weight excluding hydrogens is 338 g/mol. The molecular formula is C17H13ClF2N2O2. The summed E-state index contributed by atoms with van der Waals surface area (Å²) in [7, 11) is 0. The largest absolute Gasteiger partial charge is 0.349 e. The maximum absolute atomic E-state index is 13.3. The van der Waals surface area contributed by atoms with Crippen molar-refractivity contribution in [2.24, 2.45) is 0 Å². The molecule has 0 saturated heterocycles. The normalized spacial score (nSPS) is 13.5. The van der Waals surface area contributed by atoms with E-state index in [0.717, 1.165) is 25.0 Å². The summed E-state index contributed by atoms with van der Waals surface area (Å²) in [5.74, 6) is -3.35. The molecule has 2 N–H and O–H groups in total. The fourth-order valence-corrected chi connectivity index (χ4v) is 2.40. The minimum Gasteiger partial charge on any atom is -0.349 e. The highest BCUT2D eigenvalue weighted by atomic mass is 35.5. The minimum atomic E-state index is -1.18. The van der Waals surface area contributed by atoms with Gasteiger partial charge in [-0.1, -0.05) is 23.7 Å². The van der Waals surface area contributed by atoms with Crippen LogP contribution >= 0.6 is 11.6 Å². The Labute approximate surface area is 141 Å². The monoisotopic (exact) mass is 350 g/mol. The predicted molar refractivity (Wildman–Crippen MR) is 86.3 cm³/mol. The van der Waals surface area contributed by atoms with Crippen molar-refractivity contribution >= 4 is 29.1 Å². The molecule has 2 aromatic rings. The van der Waals surface area contributed by atoms with E-state index in [1.165, 1.54) is 0 Å². The summed E-state index contributed by atoms with van der Waals surface area (Å²) in [6, 6.07) is 8.06. The Morgan fingerprint density at radius 1 is 1.00 bits per heavy atom. The standard InChI is InChI=1S/C17H13ClF2N2O2/c18-12-8-14(20)13(19)7-11(12)17(24)22-15-4-2-1-3-10(15)16(23)21-9-5-6-9/h1-4,7-9H,5-6H2,(H,21,23)(H,22,24). The summed E-state index contributed by atoms with van der Waals surface area (Å²) < 4.78 is 26.4. The van der Waals surface area contributed by atoms with E-state index in [2.05, 4.69) is 10.6 Å². The summed E-state index contributed by atoms with van der Waals surface area (Å²) in [6.45, 7) is 0. The number of nitrogens with one attached hydrogen (secondary N) is 2. The minimum absolute atomic E-state index is 0.168. The van der Waals surface area contributed by atoms with E-state index >= 15 is 0 Å². The van der Waals surface area contributed by atoms with Crippen LogP contribution < -0.4 is 10.6 Å². The molecule has 0 radical (unpaired) electrons. The second-order valence-electron chi connectivity index (χ2n) is 5.49. The molecule has 2 aromatic carbocycles. The van der Waals surface area contributed by atoms with Gasteiger partial charge in [0, 0.05) is 6.04 Å². The molecule has 0 atom stereocenters. The first-order chi connectivity index (χ1) is 11.5. The van der Waals surface area contributed by atoms with Crippen molar-refractivity contribution in [1.29, 1.82) is 0 Å². The molecule has 7 heteroatoms. The number of halogens is 3. The summed E-state index contributed by atoms with van der Waals surface area (Å²) in [6.07, 6.45) is 1.87. The van der Waals surface area contributed by atoms with E-state index in [4.69, 9.17) is 11.6 Å². The van der Waals surface area contributed by atoms with Crippen LogP contribution in [0, 0.1) is 11.6 Å². The second kappa shape index (κ2) is 6.57. The SMILES string of the molecule is O=C(Nc1ccccc1C(=O)NC1CC1)c1cc(F)c(F)cc1Cl. The third-order valence-corrected chi connectivity index (χ3v) is 3.90. The Hall–Kier alpha value is -2.47. The molecule has 0 spiro atoms. The first-order valence-electron chi connectivity index (χ1n) is 7.31. The third kappa shape index (κ3) is 3.54. The molecule has 1 fully saturated rings. The van der Waals surface area contributed by atoms with Gasteiger partial charge >= 0.3 is 0 Å². The molecule has 1 saturated carbocycles. The lowest BCUT2D eigenvalue weighted by atomic mass is 10.1. The molecule has 0 aliphatic heterocycles. The number of amides is 2. The van der Waals surface area contributed by atoms with Gasteiger partial charge in [0.05, 0.1) is 21.8 Å². The number of rotatable bonds is 4. The van der Waals surface area contributed by atoms with Crippen LogP contribution in [0.2, 0.25) is 5.02 Å². The molecule has 0 heterocycles. The van der Waals surface area contributed by atoms with Crippen molar-refractivity contribution in [2.45, 2.75) is 18.9 Å². The van der Waals surface area contributed by atoms with Crippen molar-refractivity contribution < 1.29 is 18.4 Å². The Balaban J connectivity index is 1.84.